The number of ether oxygens (including phenoxy) is 1. The second-order valence-electron chi connectivity index (χ2n) is 5.91. The molecule has 2 N–H and O–H groups in total. The van der Waals surface area contributed by atoms with E-state index in [1.54, 1.807) is 12.4 Å². The number of aromatic nitrogens is 1. The molecule has 0 saturated heterocycles. The maximum Gasteiger partial charge on any atom is 0.170 e. The minimum Gasteiger partial charge on any atom is -0.489 e. The second-order valence-corrected chi connectivity index (χ2v) is 5.91. The highest BCUT2D eigenvalue weighted by Gasteiger charge is 2.02. The Kier molecular flexibility index (Phi) is 5.83. The lowest BCUT2D eigenvalue weighted by Gasteiger charge is -2.07. The van der Waals surface area contributed by atoms with E-state index in [9.17, 15) is 0 Å². The fourth-order valence-electron chi connectivity index (χ4n) is 2.29. The van der Waals surface area contributed by atoms with Crippen LogP contribution >= 0.6 is 0 Å². The van der Waals surface area contributed by atoms with Crippen molar-refractivity contribution in [3.63, 3.8) is 0 Å². The van der Waals surface area contributed by atoms with Gasteiger partial charge in [0.2, 0.25) is 0 Å². The summed E-state index contributed by atoms with van der Waals surface area (Å²) in [4.78, 5) is 9.40. The second kappa shape index (κ2) is 8.67. The van der Waals surface area contributed by atoms with Gasteiger partial charge in [-0.3, -0.25) is 4.98 Å². The highest BCUT2D eigenvalue weighted by molar-refractivity contribution is 5.97. The first-order valence-corrected chi connectivity index (χ1v) is 8.34. The zero-order valence-corrected chi connectivity index (χ0v) is 14.6. The van der Waals surface area contributed by atoms with Gasteiger partial charge in [0.05, 0.1) is 0 Å². The first-order chi connectivity index (χ1) is 12.7. The number of pyridine rings is 1. The third kappa shape index (κ3) is 5.08. The highest BCUT2D eigenvalue weighted by atomic mass is 16.6. The van der Waals surface area contributed by atoms with Crippen LogP contribution in [0.5, 0.6) is 5.75 Å². The Balaban J connectivity index is 1.52. The van der Waals surface area contributed by atoms with E-state index in [1.165, 1.54) is 5.56 Å². The predicted molar refractivity (Wildman–Crippen MR) is 102 cm³/mol. The van der Waals surface area contributed by atoms with Gasteiger partial charge in [0.15, 0.2) is 5.84 Å². The first-order valence-electron chi connectivity index (χ1n) is 8.34. The predicted octanol–water partition coefficient (Wildman–Crippen LogP) is 3.81. The molecule has 0 fully saturated rings. The molecular formula is C21H21N3O2. The van der Waals surface area contributed by atoms with Crippen LogP contribution in [0.4, 0.5) is 0 Å². The van der Waals surface area contributed by atoms with E-state index in [2.05, 4.69) is 10.1 Å². The molecule has 3 rings (SSSR count). The fraction of sp³-hybridized carbons (Fsp3) is 0.143. The molecule has 132 valence electrons. The lowest BCUT2D eigenvalue weighted by molar-refractivity contribution is 0.130. The molecule has 0 aliphatic carbocycles. The lowest BCUT2D eigenvalue weighted by Crippen LogP contribution is -2.13. The van der Waals surface area contributed by atoms with Crippen molar-refractivity contribution in [2.45, 2.75) is 20.1 Å². The average Bonchev–Trinajstić information content (AvgIpc) is 2.69. The molecular weight excluding hydrogens is 326 g/mol. The van der Waals surface area contributed by atoms with Crippen LogP contribution in [0.1, 0.15) is 22.3 Å². The number of aryl methyl sites for hydroxylation is 1. The summed E-state index contributed by atoms with van der Waals surface area (Å²) >= 11 is 0. The molecule has 0 aliphatic rings. The smallest absolute Gasteiger partial charge is 0.170 e. The summed E-state index contributed by atoms with van der Waals surface area (Å²) in [5.41, 5.74) is 10.0. The van der Waals surface area contributed by atoms with Crippen molar-refractivity contribution in [3.8, 4) is 5.75 Å². The Morgan fingerprint density at radius 2 is 1.73 bits per heavy atom. The molecule has 1 aromatic heterocycles. The molecule has 0 spiro atoms. The number of nitrogens with zero attached hydrogens (tertiary/aromatic N) is 2. The highest BCUT2D eigenvalue weighted by Crippen LogP contribution is 2.14. The van der Waals surface area contributed by atoms with Crippen molar-refractivity contribution >= 4 is 5.84 Å². The van der Waals surface area contributed by atoms with E-state index in [0.717, 1.165) is 22.4 Å². The quantitative estimate of drug-likeness (QED) is 0.401. The first kappa shape index (κ1) is 17.5. The van der Waals surface area contributed by atoms with Gasteiger partial charge in [0.25, 0.3) is 0 Å². The molecule has 0 saturated carbocycles. The number of benzene rings is 2. The summed E-state index contributed by atoms with van der Waals surface area (Å²) < 4.78 is 5.72. The van der Waals surface area contributed by atoms with Crippen LogP contribution in [0.25, 0.3) is 0 Å². The van der Waals surface area contributed by atoms with Crippen molar-refractivity contribution in [1.82, 2.24) is 4.98 Å². The molecule has 3 aromatic rings. The molecule has 5 nitrogen and oxygen atoms in total. The van der Waals surface area contributed by atoms with Crippen LogP contribution in [-0.4, -0.2) is 10.8 Å². The Hall–Kier alpha value is -3.34. The Labute approximate surface area is 153 Å². The maximum absolute atomic E-state index is 5.97. The Bertz CT molecular complexity index is 845. The standard InChI is InChI=1S/C21H21N3O2/c1-16-4-6-17(7-5-16)15-26-24-21(22)19-8-10-20(11-9-19)25-14-18-3-2-12-23-13-18/h2-13H,14-15H2,1H3,(H2,22,24). The van der Waals surface area contributed by atoms with Gasteiger partial charge in [0.1, 0.15) is 19.0 Å². The number of nitrogens with two attached hydrogens (primary N) is 1. The van der Waals surface area contributed by atoms with E-state index in [0.29, 0.717) is 19.0 Å². The lowest BCUT2D eigenvalue weighted by atomic mass is 10.2. The zero-order chi connectivity index (χ0) is 18.2. The van der Waals surface area contributed by atoms with Crippen LogP contribution in [-0.2, 0) is 18.1 Å². The minimum absolute atomic E-state index is 0.330. The van der Waals surface area contributed by atoms with Crippen LogP contribution in [0.2, 0.25) is 0 Å². The van der Waals surface area contributed by atoms with Crippen LogP contribution in [0, 0.1) is 6.92 Å². The fourth-order valence-corrected chi connectivity index (χ4v) is 2.29. The number of oxime groups is 1. The van der Waals surface area contributed by atoms with Gasteiger partial charge in [-0.15, -0.1) is 0 Å². The van der Waals surface area contributed by atoms with Gasteiger partial charge in [-0.2, -0.15) is 0 Å². The molecule has 1 heterocycles. The largest absolute Gasteiger partial charge is 0.489 e. The van der Waals surface area contributed by atoms with Crippen molar-refractivity contribution in [1.29, 1.82) is 0 Å². The molecule has 0 radical (unpaired) electrons. The van der Waals surface area contributed by atoms with E-state index < -0.39 is 0 Å². The van der Waals surface area contributed by atoms with Crippen molar-refractivity contribution < 1.29 is 9.57 Å². The van der Waals surface area contributed by atoms with Gasteiger partial charge in [-0.25, -0.2) is 0 Å². The molecule has 0 amide bonds. The number of rotatable bonds is 7. The molecule has 5 heteroatoms. The van der Waals surface area contributed by atoms with Gasteiger partial charge in [-0.05, 0) is 42.8 Å². The van der Waals surface area contributed by atoms with Gasteiger partial charge in [-0.1, -0.05) is 41.1 Å². The van der Waals surface area contributed by atoms with E-state index >= 15 is 0 Å². The zero-order valence-electron chi connectivity index (χ0n) is 14.6. The molecule has 0 aliphatic heterocycles. The summed E-state index contributed by atoms with van der Waals surface area (Å²) in [6.07, 6.45) is 3.52. The summed E-state index contributed by atoms with van der Waals surface area (Å²) in [6, 6.07) is 19.4. The Morgan fingerprint density at radius 1 is 0.962 bits per heavy atom. The van der Waals surface area contributed by atoms with Crippen molar-refractivity contribution in [3.05, 3.63) is 95.3 Å². The molecule has 0 unspecified atom stereocenters. The van der Waals surface area contributed by atoms with Gasteiger partial charge >= 0.3 is 0 Å². The van der Waals surface area contributed by atoms with Gasteiger partial charge < -0.3 is 15.3 Å². The van der Waals surface area contributed by atoms with E-state index in [-0.39, 0.29) is 0 Å². The molecule has 26 heavy (non-hydrogen) atoms. The Morgan fingerprint density at radius 3 is 2.42 bits per heavy atom. The summed E-state index contributed by atoms with van der Waals surface area (Å²) in [7, 11) is 0. The summed E-state index contributed by atoms with van der Waals surface area (Å²) in [5, 5.41) is 3.98. The van der Waals surface area contributed by atoms with Crippen molar-refractivity contribution in [2.75, 3.05) is 0 Å². The normalized spacial score (nSPS) is 11.2. The molecule has 2 aromatic carbocycles. The monoisotopic (exact) mass is 347 g/mol. The van der Waals surface area contributed by atoms with Crippen molar-refractivity contribution in [2.24, 2.45) is 10.9 Å². The average molecular weight is 347 g/mol. The number of hydrogen-bond donors (Lipinski definition) is 1. The molecule has 0 bridgehead atoms. The van der Waals surface area contributed by atoms with Crippen LogP contribution < -0.4 is 10.5 Å². The minimum atomic E-state index is 0.330. The van der Waals surface area contributed by atoms with E-state index in [1.807, 2.05) is 67.6 Å². The SMILES string of the molecule is Cc1ccc(CON=C(N)c2ccc(OCc3cccnc3)cc2)cc1. The van der Waals surface area contributed by atoms with E-state index in [4.69, 9.17) is 15.3 Å². The molecule has 0 atom stereocenters. The topological polar surface area (TPSA) is 69.7 Å². The van der Waals surface area contributed by atoms with Gasteiger partial charge in [0, 0.05) is 23.5 Å². The maximum atomic E-state index is 5.97. The summed E-state index contributed by atoms with van der Waals surface area (Å²) in [6.45, 7) is 2.90. The number of hydrogen-bond acceptors (Lipinski definition) is 4. The summed E-state index contributed by atoms with van der Waals surface area (Å²) in [5.74, 6) is 1.09. The van der Waals surface area contributed by atoms with Crippen LogP contribution in [0.15, 0.2) is 78.2 Å². The third-order valence-electron chi connectivity index (χ3n) is 3.79. The third-order valence-corrected chi connectivity index (χ3v) is 3.79. The van der Waals surface area contributed by atoms with Crippen LogP contribution in [0.3, 0.4) is 0 Å². The number of amidine groups is 1.